The van der Waals surface area contributed by atoms with Crippen LogP contribution in [0.1, 0.15) is 30.1 Å². The molecule has 1 aliphatic rings. The molecule has 3 aromatic heterocycles. The first-order chi connectivity index (χ1) is 11.6. The molecule has 0 radical (unpaired) electrons. The molecule has 0 fully saturated rings. The average Bonchev–Trinajstić information content (AvgIpc) is 3.20. The van der Waals surface area contributed by atoms with Gasteiger partial charge in [-0.2, -0.15) is 9.38 Å². The van der Waals surface area contributed by atoms with E-state index in [1.54, 1.807) is 11.6 Å². The van der Waals surface area contributed by atoms with Crippen LogP contribution in [0.5, 0.6) is 0 Å². The first-order valence-corrected chi connectivity index (χ1v) is 8.92. The Kier molecular flexibility index (Phi) is 3.72. The molecule has 4 rings (SSSR count). The number of nitro groups is 1. The van der Waals surface area contributed by atoms with Gasteiger partial charge < -0.3 is 20.0 Å². The molecule has 1 N–H and O–H groups in total. The minimum absolute atomic E-state index is 0.00159. The zero-order valence-electron chi connectivity index (χ0n) is 13.4. The molecule has 0 saturated heterocycles. The van der Waals surface area contributed by atoms with E-state index in [2.05, 4.69) is 19.9 Å². The number of hydrogen-bond donors (Lipinski definition) is 1. The van der Waals surface area contributed by atoms with E-state index in [1.807, 2.05) is 6.92 Å². The number of nitrogens with one attached hydrogen (secondary N) is 1. The van der Waals surface area contributed by atoms with Crippen LogP contribution in [0, 0.1) is 17.0 Å². The highest BCUT2D eigenvalue weighted by atomic mass is 32.1. The lowest BCUT2D eigenvalue weighted by molar-refractivity contribution is -0.389. The van der Waals surface area contributed by atoms with Gasteiger partial charge in [-0.25, -0.2) is 4.98 Å². The van der Waals surface area contributed by atoms with E-state index in [0.29, 0.717) is 17.3 Å². The molecule has 24 heavy (non-hydrogen) atoms. The second kappa shape index (κ2) is 5.90. The monoisotopic (exact) mass is 346 g/mol. The Morgan fingerprint density at radius 2 is 2.29 bits per heavy atom. The molecule has 4 heterocycles. The van der Waals surface area contributed by atoms with E-state index in [-0.39, 0.29) is 10.7 Å². The molecule has 0 atom stereocenters. The van der Waals surface area contributed by atoms with Gasteiger partial charge in [0.25, 0.3) is 4.96 Å². The predicted octanol–water partition coefficient (Wildman–Crippen LogP) is 2.80. The molecule has 0 saturated carbocycles. The van der Waals surface area contributed by atoms with Crippen molar-refractivity contribution in [1.29, 1.82) is 0 Å². The summed E-state index contributed by atoms with van der Waals surface area (Å²) in [4.78, 5) is 20.6. The van der Waals surface area contributed by atoms with E-state index in [9.17, 15) is 10.1 Å². The summed E-state index contributed by atoms with van der Waals surface area (Å²) in [5, 5.41) is 16.3. The molecular weight excluding hydrogens is 328 g/mol. The normalized spacial score (nSPS) is 14.0. The van der Waals surface area contributed by atoms with Gasteiger partial charge in [-0.3, -0.25) is 0 Å². The van der Waals surface area contributed by atoms with Crippen LogP contribution in [0.2, 0.25) is 0 Å². The Balaban J connectivity index is 1.52. The molecule has 0 aromatic carbocycles. The summed E-state index contributed by atoms with van der Waals surface area (Å²) in [6.45, 7) is 3.65. The summed E-state index contributed by atoms with van der Waals surface area (Å²) >= 11 is 1.39. The van der Waals surface area contributed by atoms with Crippen LogP contribution in [0.4, 0.5) is 11.6 Å². The number of nitrogens with zero attached hydrogens (tertiary/aromatic N) is 5. The lowest BCUT2D eigenvalue weighted by atomic mass is 10.1. The Bertz CT molecular complexity index is 909. The average molecular weight is 346 g/mol. The summed E-state index contributed by atoms with van der Waals surface area (Å²) in [6.07, 6.45) is 5.88. The molecule has 0 spiro atoms. The van der Waals surface area contributed by atoms with Crippen molar-refractivity contribution in [1.82, 2.24) is 18.9 Å². The number of imidazole rings is 2. The molecule has 8 nitrogen and oxygen atoms in total. The maximum atomic E-state index is 11.3. The van der Waals surface area contributed by atoms with E-state index in [4.69, 9.17) is 0 Å². The smallest absolute Gasteiger partial charge is 0.363 e. The topological polar surface area (TPSA) is 90.3 Å². The number of anilines is 1. The Morgan fingerprint density at radius 3 is 3.12 bits per heavy atom. The molecule has 0 bridgehead atoms. The first kappa shape index (κ1) is 15.1. The zero-order valence-corrected chi connectivity index (χ0v) is 14.2. The number of thiazole rings is 1. The van der Waals surface area contributed by atoms with Gasteiger partial charge in [0.2, 0.25) is 5.82 Å². The third-order valence-electron chi connectivity index (χ3n) is 4.45. The maximum absolute atomic E-state index is 11.3. The van der Waals surface area contributed by atoms with Crippen molar-refractivity contribution >= 4 is 27.9 Å². The van der Waals surface area contributed by atoms with Gasteiger partial charge in [-0.1, -0.05) is 11.3 Å². The number of aromatic nitrogens is 4. The molecule has 0 aliphatic carbocycles. The van der Waals surface area contributed by atoms with Gasteiger partial charge in [0.15, 0.2) is 0 Å². The van der Waals surface area contributed by atoms with Crippen LogP contribution >= 0.6 is 11.3 Å². The third kappa shape index (κ3) is 2.44. The number of rotatable bonds is 5. The summed E-state index contributed by atoms with van der Waals surface area (Å²) in [5.74, 6) is 1.50. The van der Waals surface area contributed by atoms with Crippen LogP contribution in [-0.4, -0.2) is 30.4 Å². The molecular formula is C15H18N6O2S. The Morgan fingerprint density at radius 1 is 1.42 bits per heavy atom. The number of hydrogen-bond acceptors (Lipinski definition) is 6. The van der Waals surface area contributed by atoms with Gasteiger partial charge in [-0.15, -0.1) is 0 Å². The molecule has 0 unspecified atom stereocenters. The summed E-state index contributed by atoms with van der Waals surface area (Å²) in [5.41, 5.74) is 2.29. The SMILES string of the molecule is Cc1nc2n(c1CCNc1nc3sccn3c1[N+](=O)[O-])CCCC2. The lowest BCUT2D eigenvalue weighted by Crippen LogP contribution is -2.16. The Hall–Kier alpha value is -2.42. The number of aryl methyl sites for hydroxylation is 2. The fourth-order valence-corrected chi connectivity index (χ4v) is 4.07. The van der Waals surface area contributed by atoms with Crippen molar-refractivity contribution in [3.63, 3.8) is 0 Å². The van der Waals surface area contributed by atoms with Crippen LogP contribution in [0.15, 0.2) is 11.6 Å². The highest BCUT2D eigenvalue weighted by molar-refractivity contribution is 7.15. The summed E-state index contributed by atoms with van der Waals surface area (Å²) in [6, 6.07) is 0. The van der Waals surface area contributed by atoms with Crippen molar-refractivity contribution in [2.45, 2.75) is 39.2 Å². The van der Waals surface area contributed by atoms with Gasteiger partial charge >= 0.3 is 5.82 Å². The van der Waals surface area contributed by atoms with Crippen molar-refractivity contribution in [2.24, 2.45) is 0 Å². The van der Waals surface area contributed by atoms with Crippen molar-refractivity contribution < 1.29 is 4.92 Å². The van der Waals surface area contributed by atoms with Gasteiger partial charge in [0.05, 0.1) is 5.69 Å². The van der Waals surface area contributed by atoms with Gasteiger partial charge in [-0.05, 0) is 24.7 Å². The third-order valence-corrected chi connectivity index (χ3v) is 5.20. The van der Waals surface area contributed by atoms with E-state index < -0.39 is 0 Å². The molecule has 0 amide bonds. The highest BCUT2D eigenvalue weighted by Crippen LogP contribution is 2.28. The zero-order chi connectivity index (χ0) is 16.7. The Labute approximate surface area is 142 Å². The predicted molar refractivity (Wildman–Crippen MR) is 91.8 cm³/mol. The maximum Gasteiger partial charge on any atom is 0.372 e. The lowest BCUT2D eigenvalue weighted by Gasteiger charge is -2.16. The summed E-state index contributed by atoms with van der Waals surface area (Å²) < 4.78 is 3.82. The van der Waals surface area contributed by atoms with E-state index >= 15 is 0 Å². The standard InChI is InChI=1S/C15H18N6O2S/c1-10-11(19-7-3-2-4-12(19)17-10)5-6-16-13-14(21(22)23)20-8-9-24-15(20)18-13/h8-9,16H,2-7H2,1H3. The van der Waals surface area contributed by atoms with Gasteiger partial charge in [0.1, 0.15) is 12.0 Å². The van der Waals surface area contributed by atoms with Crippen LogP contribution in [0.25, 0.3) is 4.96 Å². The summed E-state index contributed by atoms with van der Waals surface area (Å²) in [7, 11) is 0. The van der Waals surface area contributed by atoms with Crippen LogP contribution < -0.4 is 5.32 Å². The fraction of sp³-hybridized carbons (Fsp3) is 0.467. The second-order valence-electron chi connectivity index (χ2n) is 5.94. The van der Waals surface area contributed by atoms with E-state index in [1.165, 1.54) is 40.1 Å². The van der Waals surface area contributed by atoms with Crippen molar-refractivity contribution in [3.05, 3.63) is 38.9 Å². The van der Waals surface area contributed by atoms with E-state index in [0.717, 1.165) is 25.1 Å². The van der Waals surface area contributed by atoms with Crippen molar-refractivity contribution in [3.8, 4) is 0 Å². The molecule has 126 valence electrons. The molecule has 3 aromatic rings. The quantitative estimate of drug-likeness (QED) is 0.567. The minimum atomic E-state index is -0.388. The highest BCUT2D eigenvalue weighted by Gasteiger charge is 2.23. The van der Waals surface area contributed by atoms with Gasteiger partial charge in [0, 0.05) is 37.0 Å². The molecule has 9 heteroatoms. The minimum Gasteiger partial charge on any atom is -0.363 e. The fourth-order valence-electron chi connectivity index (χ4n) is 3.36. The number of fused-ring (bicyclic) bond motifs is 2. The van der Waals surface area contributed by atoms with Crippen LogP contribution in [-0.2, 0) is 19.4 Å². The van der Waals surface area contributed by atoms with Crippen LogP contribution in [0.3, 0.4) is 0 Å². The first-order valence-electron chi connectivity index (χ1n) is 8.04. The van der Waals surface area contributed by atoms with Crippen molar-refractivity contribution in [2.75, 3.05) is 11.9 Å². The second-order valence-corrected chi connectivity index (χ2v) is 6.82. The largest absolute Gasteiger partial charge is 0.372 e. The molecule has 1 aliphatic heterocycles.